The number of hydrogen-bond donors (Lipinski definition) is 0. The minimum atomic E-state index is -1.19. The fourth-order valence-electron chi connectivity index (χ4n) is 4.48. The summed E-state index contributed by atoms with van der Waals surface area (Å²) in [6, 6.07) is 9.54. The molecule has 0 spiro atoms. The van der Waals surface area contributed by atoms with E-state index in [-0.39, 0.29) is 0 Å². The van der Waals surface area contributed by atoms with E-state index in [9.17, 15) is 14.4 Å². The monoisotopic (exact) mass is 468 g/mol. The molecule has 0 bridgehead atoms. The summed E-state index contributed by atoms with van der Waals surface area (Å²) in [5, 5.41) is 0. The van der Waals surface area contributed by atoms with Gasteiger partial charge in [0, 0.05) is 17.7 Å². The molecule has 8 nitrogen and oxygen atoms in total. The van der Waals surface area contributed by atoms with Crippen molar-refractivity contribution in [2.75, 3.05) is 48.5 Å². The summed E-state index contributed by atoms with van der Waals surface area (Å²) in [4.78, 5) is 43.7. The molecule has 8 heteroatoms. The highest BCUT2D eigenvalue weighted by Crippen LogP contribution is 2.45. The molecular formula is C26H32N2O6. The molecule has 2 aromatic rings. The first kappa shape index (κ1) is 25.2. The predicted molar refractivity (Wildman–Crippen MR) is 128 cm³/mol. The largest absolute Gasteiger partial charge is 0.497 e. The van der Waals surface area contributed by atoms with Crippen molar-refractivity contribution in [2.24, 2.45) is 5.92 Å². The van der Waals surface area contributed by atoms with E-state index < -0.39 is 29.4 Å². The van der Waals surface area contributed by atoms with Crippen molar-refractivity contribution in [1.82, 2.24) is 9.80 Å². The molecule has 0 saturated carbocycles. The standard InChI is InChI=1S/C26H32N2O6/c1-16-15-17(32-4)11-12-18(16)23(29)21-22(19-9-7-10-20(33-5)25(19)34-6)28(26(31)24(21)30)14-8-13-27(2)3/h7,9-12,15,21-22H,8,13-14H2,1-6H3. The molecule has 1 amide bonds. The van der Waals surface area contributed by atoms with Crippen molar-refractivity contribution in [3.8, 4) is 17.2 Å². The number of carbonyl (C=O) groups excluding carboxylic acids is 3. The second-order valence-electron chi connectivity index (χ2n) is 8.57. The number of para-hydroxylation sites is 1. The van der Waals surface area contributed by atoms with Gasteiger partial charge in [0.1, 0.15) is 11.7 Å². The Hall–Kier alpha value is -3.39. The number of hydrogen-bond acceptors (Lipinski definition) is 7. The maximum absolute atomic E-state index is 13.8. The van der Waals surface area contributed by atoms with Crippen LogP contribution in [0.4, 0.5) is 0 Å². The van der Waals surface area contributed by atoms with Gasteiger partial charge < -0.3 is 24.0 Å². The third-order valence-corrected chi connectivity index (χ3v) is 6.14. The molecule has 182 valence electrons. The van der Waals surface area contributed by atoms with Crippen LogP contribution in [0.1, 0.15) is 33.9 Å². The van der Waals surface area contributed by atoms with Gasteiger partial charge in [-0.1, -0.05) is 12.1 Å². The molecule has 2 aromatic carbocycles. The normalized spacial score (nSPS) is 17.9. The zero-order valence-electron chi connectivity index (χ0n) is 20.6. The van der Waals surface area contributed by atoms with Gasteiger partial charge in [-0.2, -0.15) is 0 Å². The number of amides is 1. The summed E-state index contributed by atoms with van der Waals surface area (Å²) in [5.41, 5.74) is 1.62. The van der Waals surface area contributed by atoms with Crippen LogP contribution in [-0.2, 0) is 9.59 Å². The second kappa shape index (κ2) is 10.7. The maximum Gasteiger partial charge on any atom is 0.291 e. The molecule has 0 aromatic heterocycles. The first-order chi connectivity index (χ1) is 16.2. The minimum Gasteiger partial charge on any atom is -0.497 e. The fraction of sp³-hybridized carbons (Fsp3) is 0.423. The van der Waals surface area contributed by atoms with Crippen LogP contribution in [0, 0.1) is 12.8 Å². The number of methoxy groups -OCH3 is 3. The van der Waals surface area contributed by atoms with Crippen LogP contribution in [-0.4, -0.2) is 75.8 Å². The smallest absolute Gasteiger partial charge is 0.291 e. The van der Waals surface area contributed by atoms with Crippen LogP contribution in [0.25, 0.3) is 0 Å². The van der Waals surface area contributed by atoms with Gasteiger partial charge in [-0.05, 0) is 63.8 Å². The Labute approximate surface area is 200 Å². The average Bonchev–Trinajstić information content (AvgIpc) is 3.07. The Morgan fingerprint density at radius 3 is 2.35 bits per heavy atom. The number of carbonyl (C=O) groups is 3. The lowest BCUT2D eigenvalue weighted by Gasteiger charge is -2.29. The fourth-order valence-corrected chi connectivity index (χ4v) is 4.48. The Morgan fingerprint density at radius 2 is 1.76 bits per heavy atom. The highest BCUT2D eigenvalue weighted by atomic mass is 16.5. The summed E-state index contributed by atoms with van der Waals surface area (Å²) in [6.45, 7) is 2.85. The van der Waals surface area contributed by atoms with Crippen molar-refractivity contribution in [1.29, 1.82) is 0 Å². The van der Waals surface area contributed by atoms with E-state index in [1.807, 2.05) is 19.0 Å². The predicted octanol–water partition coefficient (Wildman–Crippen LogP) is 2.92. The van der Waals surface area contributed by atoms with E-state index in [4.69, 9.17) is 14.2 Å². The van der Waals surface area contributed by atoms with Gasteiger partial charge in [-0.15, -0.1) is 0 Å². The highest BCUT2D eigenvalue weighted by molar-refractivity contribution is 6.44. The first-order valence-electron chi connectivity index (χ1n) is 11.1. The van der Waals surface area contributed by atoms with Gasteiger partial charge in [-0.3, -0.25) is 14.4 Å². The lowest BCUT2D eigenvalue weighted by atomic mass is 9.84. The molecule has 1 heterocycles. The summed E-state index contributed by atoms with van der Waals surface area (Å²) in [5.74, 6) is -1.48. The van der Waals surface area contributed by atoms with E-state index in [1.165, 1.54) is 19.1 Å². The Balaban J connectivity index is 2.12. The molecule has 1 saturated heterocycles. The number of rotatable bonds is 10. The van der Waals surface area contributed by atoms with E-state index in [2.05, 4.69) is 0 Å². The van der Waals surface area contributed by atoms with Gasteiger partial charge in [0.2, 0.25) is 5.78 Å². The summed E-state index contributed by atoms with van der Waals surface area (Å²) < 4.78 is 16.3. The summed E-state index contributed by atoms with van der Waals surface area (Å²) >= 11 is 0. The average molecular weight is 469 g/mol. The second-order valence-corrected chi connectivity index (χ2v) is 8.57. The third-order valence-electron chi connectivity index (χ3n) is 6.14. The van der Waals surface area contributed by atoms with Gasteiger partial charge in [0.15, 0.2) is 17.3 Å². The van der Waals surface area contributed by atoms with Gasteiger partial charge in [0.25, 0.3) is 5.91 Å². The number of ketones is 2. The molecule has 1 fully saturated rings. The van der Waals surface area contributed by atoms with E-state index in [0.717, 1.165) is 6.54 Å². The quantitative estimate of drug-likeness (QED) is 0.301. The van der Waals surface area contributed by atoms with Crippen LogP contribution in [0.15, 0.2) is 36.4 Å². The first-order valence-corrected chi connectivity index (χ1v) is 11.1. The third kappa shape index (κ3) is 4.77. The number of Topliss-reactive ketones (excluding diaryl/α,β-unsaturated/α-hetero) is 2. The van der Waals surface area contributed by atoms with Gasteiger partial charge in [0.05, 0.1) is 27.4 Å². The van der Waals surface area contributed by atoms with Crippen molar-refractivity contribution in [3.05, 3.63) is 53.1 Å². The summed E-state index contributed by atoms with van der Waals surface area (Å²) in [7, 11) is 8.45. The van der Waals surface area contributed by atoms with Crippen LogP contribution >= 0.6 is 0 Å². The molecular weight excluding hydrogens is 436 g/mol. The number of ether oxygens (including phenoxy) is 3. The van der Waals surface area contributed by atoms with E-state index >= 15 is 0 Å². The Kier molecular flexibility index (Phi) is 7.94. The maximum atomic E-state index is 13.8. The minimum absolute atomic E-state index is 0.332. The van der Waals surface area contributed by atoms with Crippen LogP contribution in [0.2, 0.25) is 0 Å². The van der Waals surface area contributed by atoms with E-state index in [0.29, 0.717) is 46.9 Å². The van der Waals surface area contributed by atoms with E-state index in [1.54, 1.807) is 50.4 Å². The highest BCUT2D eigenvalue weighted by Gasteiger charge is 2.52. The Bertz CT molecular complexity index is 1080. The molecule has 34 heavy (non-hydrogen) atoms. The van der Waals surface area contributed by atoms with Crippen LogP contribution < -0.4 is 14.2 Å². The number of benzene rings is 2. The van der Waals surface area contributed by atoms with Crippen molar-refractivity contribution in [2.45, 2.75) is 19.4 Å². The molecule has 1 aliphatic heterocycles. The molecule has 2 atom stereocenters. The molecule has 0 aliphatic carbocycles. The topological polar surface area (TPSA) is 85.4 Å². The zero-order chi connectivity index (χ0) is 25.0. The lowest BCUT2D eigenvalue weighted by Crippen LogP contribution is -2.33. The van der Waals surface area contributed by atoms with Crippen LogP contribution in [0.3, 0.4) is 0 Å². The number of nitrogens with zero attached hydrogens (tertiary/aromatic N) is 2. The zero-order valence-corrected chi connectivity index (χ0v) is 20.6. The van der Waals surface area contributed by atoms with Crippen LogP contribution in [0.5, 0.6) is 17.2 Å². The van der Waals surface area contributed by atoms with Crippen molar-refractivity contribution < 1.29 is 28.6 Å². The SMILES string of the molecule is COc1ccc(C(=O)C2C(=O)C(=O)N(CCCN(C)C)C2c2cccc(OC)c2OC)c(C)c1. The van der Waals surface area contributed by atoms with Crippen molar-refractivity contribution >= 4 is 17.5 Å². The van der Waals surface area contributed by atoms with Crippen molar-refractivity contribution in [3.63, 3.8) is 0 Å². The summed E-state index contributed by atoms with van der Waals surface area (Å²) in [6.07, 6.45) is 0.650. The molecule has 0 radical (unpaired) electrons. The number of likely N-dealkylation sites (tertiary alicyclic amines) is 1. The lowest BCUT2D eigenvalue weighted by molar-refractivity contribution is -0.140. The van der Waals surface area contributed by atoms with Gasteiger partial charge >= 0.3 is 0 Å². The molecule has 1 aliphatic rings. The molecule has 2 unspecified atom stereocenters. The Morgan fingerprint density at radius 1 is 1.03 bits per heavy atom. The number of aryl methyl sites for hydroxylation is 1. The molecule has 0 N–H and O–H groups in total. The molecule has 3 rings (SSSR count). The van der Waals surface area contributed by atoms with Gasteiger partial charge in [-0.25, -0.2) is 0 Å².